The van der Waals surface area contributed by atoms with Crippen LogP contribution in [-0.2, 0) is 6.54 Å². The zero-order chi connectivity index (χ0) is 15.4. The average molecular weight is 283 g/mol. The molecule has 0 aliphatic carbocycles. The molecule has 0 amide bonds. The zero-order valence-electron chi connectivity index (χ0n) is 11.0. The molecule has 0 bridgehead atoms. The molecule has 1 aromatic carbocycles. The molecule has 0 aliphatic rings. The monoisotopic (exact) mass is 283 g/mol. The summed E-state index contributed by atoms with van der Waals surface area (Å²) in [6.45, 7) is 0.176. The predicted octanol–water partition coefficient (Wildman–Crippen LogP) is 1.59. The van der Waals surface area contributed by atoms with Gasteiger partial charge in [0.1, 0.15) is 17.9 Å². The van der Waals surface area contributed by atoms with E-state index < -0.39 is 4.92 Å². The van der Waals surface area contributed by atoms with E-state index in [2.05, 4.69) is 4.98 Å². The Labute approximate surface area is 119 Å². The van der Waals surface area contributed by atoms with Crippen molar-refractivity contribution in [2.24, 2.45) is 0 Å². The largest absolute Gasteiger partial charge is 0.496 e. The van der Waals surface area contributed by atoms with Crippen LogP contribution in [0.2, 0.25) is 0 Å². The van der Waals surface area contributed by atoms with Crippen LogP contribution < -0.4 is 4.74 Å². The van der Waals surface area contributed by atoms with E-state index in [0.717, 1.165) is 0 Å². The molecular weight excluding hydrogens is 274 g/mol. The molecule has 2 rings (SSSR count). The van der Waals surface area contributed by atoms with Crippen molar-refractivity contribution in [1.82, 2.24) is 9.55 Å². The summed E-state index contributed by atoms with van der Waals surface area (Å²) < 4.78 is 6.48. The highest BCUT2D eigenvalue weighted by atomic mass is 16.6. The van der Waals surface area contributed by atoms with E-state index in [1.165, 1.54) is 30.1 Å². The molecule has 0 spiro atoms. The number of nitriles is 2. The molecule has 0 unspecified atom stereocenters. The highest BCUT2D eigenvalue weighted by Crippen LogP contribution is 2.23. The van der Waals surface area contributed by atoms with Gasteiger partial charge in [0.15, 0.2) is 11.4 Å². The van der Waals surface area contributed by atoms with Gasteiger partial charge >= 0.3 is 0 Å². The Kier molecular flexibility index (Phi) is 3.82. The Morgan fingerprint density at radius 3 is 2.71 bits per heavy atom. The van der Waals surface area contributed by atoms with Crippen LogP contribution in [0.4, 0.5) is 5.69 Å². The Balaban J connectivity index is 2.43. The number of non-ortho nitro benzene ring substituents is 1. The molecule has 1 aromatic heterocycles. The molecule has 0 radical (unpaired) electrons. The number of aromatic nitrogens is 2. The summed E-state index contributed by atoms with van der Waals surface area (Å²) in [6, 6.07) is 8.03. The van der Waals surface area contributed by atoms with Crippen molar-refractivity contribution < 1.29 is 9.66 Å². The Bertz CT molecular complexity index is 782. The van der Waals surface area contributed by atoms with Gasteiger partial charge < -0.3 is 9.30 Å². The first-order valence-electron chi connectivity index (χ1n) is 5.76. The minimum atomic E-state index is -0.522. The summed E-state index contributed by atoms with van der Waals surface area (Å²) in [6.07, 6.45) is 1.35. The number of rotatable bonds is 4. The van der Waals surface area contributed by atoms with Crippen molar-refractivity contribution >= 4 is 5.69 Å². The lowest BCUT2D eigenvalue weighted by atomic mass is 10.2. The summed E-state index contributed by atoms with van der Waals surface area (Å²) >= 11 is 0. The number of benzene rings is 1. The highest BCUT2D eigenvalue weighted by molar-refractivity contribution is 5.43. The Morgan fingerprint density at radius 2 is 2.14 bits per heavy atom. The maximum atomic E-state index is 10.9. The van der Waals surface area contributed by atoms with Crippen LogP contribution >= 0.6 is 0 Å². The first-order valence-corrected chi connectivity index (χ1v) is 5.76. The fourth-order valence-electron chi connectivity index (χ4n) is 1.86. The second kappa shape index (κ2) is 5.72. The first kappa shape index (κ1) is 14.0. The van der Waals surface area contributed by atoms with E-state index in [1.807, 2.05) is 12.1 Å². The van der Waals surface area contributed by atoms with Gasteiger partial charge in [-0.1, -0.05) is 0 Å². The Hall–Kier alpha value is -3.39. The lowest BCUT2D eigenvalue weighted by Crippen LogP contribution is -2.03. The van der Waals surface area contributed by atoms with Gasteiger partial charge in [0.2, 0.25) is 0 Å². The van der Waals surface area contributed by atoms with Crippen molar-refractivity contribution in [1.29, 1.82) is 10.5 Å². The predicted molar refractivity (Wildman–Crippen MR) is 70.4 cm³/mol. The zero-order valence-corrected chi connectivity index (χ0v) is 11.0. The fourth-order valence-corrected chi connectivity index (χ4v) is 1.86. The average Bonchev–Trinajstić information content (AvgIpc) is 2.88. The van der Waals surface area contributed by atoms with Crippen molar-refractivity contribution in [3.63, 3.8) is 0 Å². The van der Waals surface area contributed by atoms with Gasteiger partial charge in [0.05, 0.1) is 31.0 Å². The quantitative estimate of drug-likeness (QED) is 0.621. The van der Waals surface area contributed by atoms with Crippen molar-refractivity contribution in [2.75, 3.05) is 7.11 Å². The standard InChI is InChI=1S/C13H9N5O3/c1-21-11-3-9(2-10(4-11)18(19)20)7-17-8-16-12(5-14)13(17)6-15/h2-4,8H,7H2,1H3. The van der Waals surface area contributed by atoms with Gasteiger partial charge in [-0.25, -0.2) is 4.98 Å². The van der Waals surface area contributed by atoms with E-state index >= 15 is 0 Å². The smallest absolute Gasteiger partial charge is 0.273 e. The van der Waals surface area contributed by atoms with Crippen molar-refractivity contribution in [3.8, 4) is 17.9 Å². The molecular formula is C13H9N5O3. The maximum Gasteiger partial charge on any atom is 0.273 e. The lowest BCUT2D eigenvalue weighted by molar-refractivity contribution is -0.385. The number of hydrogen-bond donors (Lipinski definition) is 0. The van der Waals surface area contributed by atoms with E-state index in [0.29, 0.717) is 11.3 Å². The normalized spacial score (nSPS) is 9.67. The highest BCUT2D eigenvalue weighted by Gasteiger charge is 2.14. The molecule has 0 fully saturated rings. The summed E-state index contributed by atoms with van der Waals surface area (Å²) in [7, 11) is 1.41. The summed E-state index contributed by atoms with van der Waals surface area (Å²) in [5.74, 6) is 0.346. The lowest BCUT2D eigenvalue weighted by Gasteiger charge is -2.06. The van der Waals surface area contributed by atoms with Crippen LogP contribution in [0, 0.1) is 32.8 Å². The SMILES string of the molecule is COc1cc(Cn2cnc(C#N)c2C#N)cc([N+](=O)[O-])c1. The third kappa shape index (κ3) is 2.80. The maximum absolute atomic E-state index is 10.9. The molecule has 104 valence electrons. The van der Waals surface area contributed by atoms with E-state index in [1.54, 1.807) is 6.07 Å². The van der Waals surface area contributed by atoms with Crippen LogP contribution in [0.5, 0.6) is 5.75 Å². The molecule has 0 saturated carbocycles. The van der Waals surface area contributed by atoms with Gasteiger partial charge in [-0.05, 0) is 11.6 Å². The Morgan fingerprint density at radius 1 is 1.38 bits per heavy atom. The second-order valence-corrected chi connectivity index (χ2v) is 4.09. The van der Waals surface area contributed by atoms with Crippen molar-refractivity contribution in [3.05, 3.63) is 51.6 Å². The number of nitro groups is 1. The molecule has 21 heavy (non-hydrogen) atoms. The molecule has 2 aromatic rings. The van der Waals surface area contributed by atoms with Crippen LogP contribution in [-0.4, -0.2) is 21.6 Å². The minimum absolute atomic E-state index is 0.0231. The summed E-state index contributed by atoms with van der Waals surface area (Å²) in [4.78, 5) is 14.2. The van der Waals surface area contributed by atoms with E-state index in [9.17, 15) is 10.1 Å². The summed E-state index contributed by atoms with van der Waals surface area (Å²) in [5, 5.41) is 28.8. The second-order valence-electron chi connectivity index (χ2n) is 4.09. The minimum Gasteiger partial charge on any atom is -0.496 e. The van der Waals surface area contributed by atoms with Crippen LogP contribution in [0.15, 0.2) is 24.5 Å². The number of imidazole rings is 1. The topological polar surface area (TPSA) is 118 Å². The number of nitro benzene ring substituents is 1. The van der Waals surface area contributed by atoms with Crippen LogP contribution in [0.25, 0.3) is 0 Å². The van der Waals surface area contributed by atoms with Gasteiger partial charge in [-0.3, -0.25) is 10.1 Å². The molecule has 0 saturated heterocycles. The molecule has 8 heteroatoms. The van der Waals surface area contributed by atoms with Crippen molar-refractivity contribution in [2.45, 2.75) is 6.54 Å². The number of methoxy groups -OCH3 is 1. The summed E-state index contributed by atoms with van der Waals surface area (Å²) in [5.41, 5.74) is 0.598. The molecule has 0 N–H and O–H groups in total. The molecule has 1 heterocycles. The molecule has 0 atom stereocenters. The van der Waals surface area contributed by atoms with Gasteiger partial charge in [0, 0.05) is 6.07 Å². The van der Waals surface area contributed by atoms with Crippen LogP contribution in [0.1, 0.15) is 17.0 Å². The number of hydrogen-bond acceptors (Lipinski definition) is 6. The molecule has 8 nitrogen and oxygen atoms in total. The number of nitrogens with zero attached hydrogens (tertiary/aromatic N) is 5. The van der Waals surface area contributed by atoms with E-state index in [-0.39, 0.29) is 23.6 Å². The number of ether oxygens (including phenoxy) is 1. The van der Waals surface area contributed by atoms with Gasteiger partial charge in [0.25, 0.3) is 5.69 Å². The van der Waals surface area contributed by atoms with Crippen LogP contribution in [0.3, 0.4) is 0 Å². The fraction of sp³-hybridized carbons (Fsp3) is 0.154. The molecule has 0 aliphatic heterocycles. The third-order valence-electron chi connectivity index (χ3n) is 2.80. The third-order valence-corrected chi connectivity index (χ3v) is 2.80. The van der Waals surface area contributed by atoms with Gasteiger partial charge in [-0.15, -0.1) is 0 Å². The first-order chi connectivity index (χ1) is 10.1. The van der Waals surface area contributed by atoms with E-state index in [4.69, 9.17) is 15.3 Å². The van der Waals surface area contributed by atoms with Gasteiger partial charge in [-0.2, -0.15) is 10.5 Å².